The predicted octanol–water partition coefficient (Wildman–Crippen LogP) is 11.6. The molecule has 0 aromatic carbocycles. The van der Waals surface area contributed by atoms with Gasteiger partial charge in [0.25, 0.3) is 0 Å². The zero-order valence-corrected chi connectivity index (χ0v) is 30.0. The quantitative estimate of drug-likeness (QED) is 0.0526. The van der Waals surface area contributed by atoms with Crippen LogP contribution in [0, 0.1) is 0 Å². The van der Waals surface area contributed by atoms with E-state index in [2.05, 4.69) is 19.2 Å². The van der Waals surface area contributed by atoms with Crippen molar-refractivity contribution in [2.75, 3.05) is 6.54 Å². The highest BCUT2D eigenvalue weighted by Gasteiger charge is 2.14. The predicted molar refractivity (Wildman–Crippen MR) is 190 cm³/mol. The number of carbonyl (C=O) groups is 3. The number of carbonyl (C=O) groups excluding carboxylic acids is 2. The van der Waals surface area contributed by atoms with E-state index >= 15 is 0 Å². The van der Waals surface area contributed by atoms with Gasteiger partial charge >= 0.3 is 11.9 Å². The van der Waals surface area contributed by atoms with E-state index in [4.69, 9.17) is 9.84 Å². The molecule has 266 valence electrons. The van der Waals surface area contributed by atoms with Gasteiger partial charge in [-0.25, -0.2) is 0 Å². The zero-order chi connectivity index (χ0) is 33.1. The lowest BCUT2D eigenvalue weighted by molar-refractivity contribution is -0.150. The van der Waals surface area contributed by atoms with Gasteiger partial charge in [0.2, 0.25) is 5.91 Å². The Kier molecular flexibility index (Phi) is 34.0. The number of aliphatic carboxylic acids is 1. The summed E-state index contributed by atoms with van der Waals surface area (Å²) >= 11 is 0. The van der Waals surface area contributed by atoms with Gasteiger partial charge in [-0.2, -0.15) is 0 Å². The summed E-state index contributed by atoms with van der Waals surface area (Å²) in [6.07, 6.45) is 37.9. The monoisotopic (exact) mass is 638 g/mol. The van der Waals surface area contributed by atoms with E-state index < -0.39 is 5.97 Å². The van der Waals surface area contributed by atoms with Gasteiger partial charge in [0.05, 0.1) is 0 Å². The molecule has 0 rings (SSSR count). The number of carboxylic acids is 1. The molecule has 0 saturated heterocycles. The molecule has 0 aliphatic rings. The topological polar surface area (TPSA) is 92.7 Å². The number of unbranched alkanes of at least 4 members (excludes halogenated alkanes) is 25. The summed E-state index contributed by atoms with van der Waals surface area (Å²) < 4.78 is 6.00. The lowest BCUT2D eigenvalue weighted by atomic mass is 10.0. The number of rotatable bonds is 36. The first-order valence-electron chi connectivity index (χ1n) is 19.7. The molecule has 2 N–H and O–H groups in total. The molecule has 1 atom stereocenters. The Hall–Kier alpha value is -1.59. The number of hydrogen-bond donors (Lipinski definition) is 2. The molecule has 0 radical (unpaired) electrons. The average Bonchev–Trinajstić information content (AvgIpc) is 3.02. The van der Waals surface area contributed by atoms with Crippen LogP contribution in [0.4, 0.5) is 0 Å². The highest BCUT2D eigenvalue weighted by molar-refractivity contribution is 5.80. The number of hydrogen-bond acceptors (Lipinski definition) is 4. The Morgan fingerprint density at radius 1 is 0.489 bits per heavy atom. The number of amides is 1. The SMILES string of the molecule is CCCCCCCCCCCCCCCCC(=O)OC(CCCCCCCCCCC)CCCCCCCC(=O)NCC(=O)O. The fourth-order valence-electron chi connectivity index (χ4n) is 6.10. The Bertz CT molecular complexity index is 668. The molecule has 0 bridgehead atoms. The van der Waals surface area contributed by atoms with E-state index in [1.54, 1.807) is 0 Å². The Morgan fingerprint density at radius 2 is 0.822 bits per heavy atom. The van der Waals surface area contributed by atoms with Gasteiger partial charge < -0.3 is 15.2 Å². The number of esters is 1. The van der Waals surface area contributed by atoms with Crippen molar-refractivity contribution in [2.45, 2.75) is 225 Å². The molecule has 6 nitrogen and oxygen atoms in total. The first-order chi connectivity index (χ1) is 22.0. The van der Waals surface area contributed by atoms with E-state index in [1.165, 1.54) is 128 Å². The third-order valence-electron chi connectivity index (χ3n) is 9.03. The van der Waals surface area contributed by atoms with E-state index in [0.29, 0.717) is 12.8 Å². The van der Waals surface area contributed by atoms with E-state index in [1.807, 2.05) is 0 Å². The Morgan fingerprint density at radius 3 is 1.20 bits per heavy atom. The molecule has 0 aliphatic heterocycles. The Balaban J connectivity index is 4.08. The van der Waals surface area contributed by atoms with Crippen molar-refractivity contribution in [3.05, 3.63) is 0 Å². The van der Waals surface area contributed by atoms with Crippen molar-refractivity contribution in [1.29, 1.82) is 0 Å². The number of ether oxygens (including phenoxy) is 1. The fraction of sp³-hybridized carbons (Fsp3) is 0.923. The van der Waals surface area contributed by atoms with Gasteiger partial charge in [0, 0.05) is 12.8 Å². The molecule has 6 heteroatoms. The molecule has 45 heavy (non-hydrogen) atoms. The average molecular weight is 638 g/mol. The van der Waals surface area contributed by atoms with Gasteiger partial charge in [0.1, 0.15) is 12.6 Å². The summed E-state index contributed by atoms with van der Waals surface area (Å²) in [5.41, 5.74) is 0. The standard InChI is InChI=1S/C39H75NO5/c1-3-5-7-9-11-13-14-15-16-17-19-21-26-30-34-39(44)45-36(31-27-23-20-18-12-10-8-6-4-2)32-28-24-22-25-29-33-37(41)40-35-38(42)43/h36H,3-35H2,1-2H3,(H,40,41)(H,42,43). The van der Waals surface area contributed by atoms with Gasteiger partial charge in [-0.1, -0.05) is 168 Å². The van der Waals surface area contributed by atoms with E-state index in [9.17, 15) is 14.4 Å². The summed E-state index contributed by atoms with van der Waals surface area (Å²) in [4.78, 5) is 34.9. The second-order valence-corrected chi connectivity index (χ2v) is 13.6. The van der Waals surface area contributed by atoms with Gasteiger partial charge in [0.15, 0.2) is 0 Å². The molecule has 0 aromatic heterocycles. The number of nitrogens with one attached hydrogen (secondary N) is 1. The van der Waals surface area contributed by atoms with Crippen LogP contribution in [-0.2, 0) is 19.1 Å². The third kappa shape index (κ3) is 35.1. The van der Waals surface area contributed by atoms with E-state index in [-0.39, 0.29) is 24.5 Å². The van der Waals surface area contributed by atoms with Crippen LogP contribution >= 0.6 is 0 Å². The second kappa shape index (κ2) is 35.3. The Labute approximate surface area is 279 Å². The maximum absolute atomic E-state index is 12.7. The van der Waals surface area contributed by atoms with Crippen LogP contribution in [0.1, 0.15) is 219 Å². The third-order valence-corrected chi connectivity index (χ3v) is 9.03. The summed E-state index contributed by atoms with van der Waals surface area (Å²) in [5.74, 6) is -1.22. The van der Waals surface area contributed by atoms with Crippen LogP contribution in [0.15, 0.2) is 0 Å². The van der Waals surface area contributed by atoms with Crippen molar-refractivity contribution in [3.63, 3.8) is 0 Å². The molecular weight excluding hydrogens is 562 g/mol. The van der Waals surface area contributed by atoms with Crippen LogP contribution in [0.3, 0.4) is 0 Å². The summed E-state index contributed by atoms with van der Waals surface area (Å²) in [6.45, 7) is 4.23. The van der Waals surface area contributed by atoms with Crippen LogP contribution in [0.25, 0.3) is 0 Å². The minimum absolute atomic E-state index is 0.0118. The normalized spacial score (nSPS) is 11.9. The van der Waals surface area contributed by atoms with Crippen molar-refractivity contribution in [1.82, 2.24) is 5.32 Å². The minimum atomic E-state index is -1.01. The molecule has 1 unspecified atom stereocenters. The van der Waals surface area contributed by atoms with Gasteiger partial charge in [-0.05, 0) is 38.5 Å². The molecule has 0 aliphatic carbocycles. The highest BCUT2D eigenvalue weighted by atomic mass is 16.5. The second-order valence-electron chi connectivity index (χ2n) is 13.6. The van der Waals surface area contributed by atoms with Crippen LogP contribution < -0.4 is 5.32 Å². The molecule has 0 fully saturated rings. The minimum Gasteiger partial charge on any atom is -0.480 e. The summed E-state index contributed by atoms with van der Waals surface area (Å²) in [7, 11) is 0. The lowest BCUT2D eigenvalue weighted by Gasteiger charge is -2.18. The molecule has 0 saturated carbocycles. The van der Waals surface area contributed by atoms with Crippen molar-refractivity contribution < 1.29 is 24.2 Å². The molecule has 0 heterocycles. The van der Waals surface area contributed by atoms with Crippen LogP contribution in [-0.4, -0.2) is 35.6 Å². The zero-order valence-electron chi connectivity index (χ0n) is 30.0. The van der Waals surface area contributed by atoms with Crippen molar-refractivity contribution >= 4 is 17.8 Å². The van der Waals surface area contributed by atoms with Gasteiger partial charge in [-0.15, -0.1) is 0 Å². The molecule has 0 spiro atoms. The molecule has 1 amide bonds. The van der Waals surface area contributed by atoms with Crippen molar-refractivity contribution in [2.24, 2.45) is 0 Å². The maximum atomic E-state index is 12.7. The smallest absolute Gasteiger partial charge is 0.322 e. The largest absolute Gasteiger partial charge is 0.480 e. The first kappa shape index (κ1) is 43.4. The molecular formula is C39H75NO5. The first-order valence-corrected chi connectivity index (χ1v) is 19.7. The van der Waals surface area contributed by atoms with Gasteiger partial charge in [-0.3, -0.25) is 14.4 Å². The van der Waals surface area contributed by atoms with Crippen LogP contribution in [0.5, 0.6) is 0 Å². The number of carboxylic acid groups (broad SMARTS) is 1. The maximum Gasteiger partial charge on any atom is 0.322 e. The van der Waals surface area contributed by atoms with E-state index in [0.717, 1.165) is 64.2 Å². The summed E-state index contributed by atoms with van der Waals surface area (Å²) in [6, 6.07) is 0. The fourth-order valence-corrected chi connectivity index (χ4v) is 6.10. The highest BCUT2D eigenvalue weighted by Crippen LogP contribution is 2.19. The molecule has 0 aromatic rings. The van der Waals surface area contributed by atoms with Crippen LogP contribution in [0.2, 0.25) is 0 Å². The summed E-state index contributed by atoms with van der Waals surface area (Å²) in [5, 5.41) is 11.1. The lowest BCUT2D eigenvalue weighted by Crippen LogP contribution is -2.28. The van der Waals surface area contributed by atoms with Crippen molar-refractivity contribution in [3.8, 4) is 0 Å².